The van der Waals surface area contributed by atoms with Crippen LogP contribution in [0.1, 0.15) is 123 Å². The highest BCUT2D eigenvalue weighted by molar-refractivity contribution is 7.47. The zero-order chi connectivity index (χ0) is 43.7. The van der Waals surface area contributed by atoms with Crippen molar-refractivity contribution in [3.05, 3.63) is 109 Å². The molecular weight excluding hydrogens is 773 g/mol. The van der Waals surface area contributed by atoms with Crippen LogP contribution in [0.4, 0.5) is 0 Å². The van der Waals surface area contributed by atoms with Crippen LogP contribution in [0, 0.1) is 0 Å². The number of carbonyl (C=O) groups excluding carboxylic acids is 2. The van der Waals surface area contributed by atoms with Crippen molar-refractivity contribution >= 4 is 25.7 Å². The molecule has 0 radical (unpaired) electrons. The van der Waals surface area contributed by atoms with E-state index >= 15 is 0 Å². The van der Waals surface area contributed by atoms with Gasteiger partial charge in [-0.2, -0.15) is 0 Å². The molecule has 5 N–H and O–H groups in total. The first-order valence-electron chi connectivity index (χ1n) is 21.0. The fourth-order valence-corrected chi connectivity index (χ4v) is 5.54. The molecule has 12 nitrogen and oxygen atoms in total. The second kappa shape index (κ2) is 39.6. The molecular formula is C46H72NO11P. The van der Waals surface area contributed by atoms with Crippen molar-refractivity contribution in [2.45, 2.75) is 141 Å². The SMILES string of the molecule is CC/C=C\C/C=C\C/C=C\C/C=C\C/C=C\CCCC(=O)OC[C@H](COP(=O)(O)OC[C@H](N)C(=O)O)OC(=O)CCC/C=C/C=C\C(O)C/C=C\C/C=C\CCCCC. The molecule has 0 aliphatic rings. The number of carbonyl (C=O) groups is 3. The summed E-state index contributed by atoms with van der Waals surface area (Å²) < 4.78 is 32.5. The van der Waals surface area contributed by atoms with Gasteiger partial charge in [-0.05, 0) is 83.5 Å². The lowest BCUT2D eigenvalue weighted by Gasteiger charge is -2.20. The number of phosphoric ester groups is 1. The van der Waals surface area contributed by atoms with Crippen LogP contribution in [-0.4, -0.2) is 71.1 Å². The highest BCUT2D eigenvalue weighted by Gasteiger charge is 2.28. The predicted molar refractivity (Wildman–Crippen MR) is 236 cm³/mol. The van der Waals surface area contributed by atoms with Crippen molar-refractivity contribution in [3.8, 4) is 0 Å². The highest BCUT2D eigenvalue weighted by atomic mass is 31.2. The molecule has 0 rings (SSSR count). The average Bonchev–Trinajstić information content (AvgIpc) is 3.21. The molecule has 0 fully saturated rings. The molecule has 0 saturated carbocycles. The second-order valence-corrected chi connectivity index (χ2v) is 15.0. The predicted octanol–water partition coefficient (Wildman–Crippen LogP) is 10.0. The Hall–Kier alpha value is -3.90. The van der Waals surface area contributed by atoms with Crippen molar-refractivity contribution in [2.24, 2.45) is 5.73 Å². The number of carboxylic acid groups (broad SMARTS) is 1. The number of unbranched alkanes of at least 4 members (excludes halogenated alkanes) is 5. The van der Waals surface area contributed by atoms with Gasteiger partial charge in [0.05, 0.1) is 19.3 Å². The minimum Gasteiger partial charge on any atom is -0.480 e. The number of phosphoric acid groups is 1. The van der Waals surface area contributed by atoms with E-state index in [1.54, 1.807) is 18.2 Å². The number of carboxylic acids is 1. The minimum absolute atomic E-state index is 0.00691. The first-order valence-corrected chi connectivity index (χ1v) is 22.5. The van der Waals surface area contributed by atoms with E-state index in [1.165, 1.54) is 19.3 Å². The molecule has 13 heteroatoms. The molecule has 0 saturated heterocycles. The number of esters is 2. The standard InChI is InChI=1S/C46H72NO11P/c1-3-5-7-9-11-13-14-15-16-17-18-19-20-22-24-28-32-36-44(49)55-38-42(39-56-59(53,54)57-40-43(47)46(51)52)58-45(50)37-33-29-25-27-31-35-41(48)34-30-26-23-21-12-10-8-6-4-2/h5,7,11-13,15-16,18-19,21-22,24-27,30-31,35,41-43,48H,3-4,6,8-10,14,17,20,23,28-29,32-34,36-40,47H2,1-2H3,(H,51,52)(H,53,54)/b7-5-,13-11-,16-15-,19-18-,21-12-,24-22-,27-25+,30-26-,35-31-/t41?,42-,43+/m1/s1. The molecule has 0 bridgehead atoms. The Bertz CT molecular complexity index is 1430. The number of rotatable bonds is 37. The van der Waals surface area contributed by atoms with Crippen LogP contribution in [0.2, 0.25) is 0 Å². The van der Waals surface area contributed by atoms with Gasteiger partial charge in [0.25, 0.3) is 0 Å². The van der Waals surface area contributed by atoms with Crippen LogP contribution in [-0.2, 0) is 37.5 Å². The number of nitrogens with two attached hydrogens (primary N) is 1. The number of hydrogen-bond acceptors (Lipinski definition) is 10. The largest absolute Gasteiger partial charge is 0.480 e. The Kier molecular flexibility index (Phi) is 36.9. The molecule has 0 aromatic carbocycles. The van der Waals surface area contributed by atoms with Gasteiger partial charge in [-0.15, -0.1) is 0 Å². The van der Waals surface area contributed by atoms with Gasteiger partial charge < -0.3 is 30.3 Å². The lowest BCUT2D eigenvalue weighted by molar-refractivity contribution is -0.161. The normalized spacial score (nSPS) is 15.3. The topological polar surface area (TPSA) is 192 Å². The summed E-state index contributed by atoms with van der Waals surface area (Å²) in [5.41, 5.74) is 5.31. The zero-order valence-electron chi connectivity index (χ0n) is 35.4. The van der Waals surface area contributed by atoms with Gasteiger partial charge in [-0.1, -0.05) is 136 Å². The van der Waals surface area contributed by atoms with E-state index in [-0.39, 0.29) is 12.8 Å². The third kappa shape index (κ3) is 39.3. The lowest BCUT2D eigenvalue weighted by atomic mass is 10.2. The first kappa shape index (κ1) is 55.1. The van der Waals surface area contributed by atoms with E-state index in [2.05, 4.69) is 79.1 Å². The fourth-order valence-electron chi connectivity index (χ4n) is 4.76. The van der Waals surface area contributed by atoms with Gasteiger partial charge in [0.1, 0.15) is 12.6 Å². The van der Waals surface area contributed by atoms with E-state index in [4.69, 9.17) is 24.8 Å². The molecule has 0 amide bonds. The molecule has 0 aromatic rings. The molecule has 0 aliphatic heterocycles. The van der Waals surface area contributed by atoms with E-state index in [1.807, 2.05) is 30.4 Å². The van der Waals surface area contributed by atoms with E-state index in [9.17, 15) is 28.9 Å². The third-order valence-corrected chi connectivity index (χ3v) is 9.04. The second-order valence-electron chi connectivity index (χ2n) is 13.6. The van der Waals surface area contributed by atoms with Gasteiger partial charge in [-0.3, -0.25) is 23.4 Å². The van der Waals surface area contributed by atoms with Crippen LogP contribution in [0.15, 0.2) is 109 Å². The molecule has 332 valence electrons. The Labute approximate surface area is 353 Å². The van der Waals surface area contributed by atoms with Gasteiger partial charge >= 0.3 is 25.7 Å². The molecule has 4 atom stereocenters. The number of aliphatic carboxylic acids is 1. The summed E-state index contributed by atoms with van der Waals surface area (Å²) in [5.74, 6) is -2.62. The van der Waals surface area contributed by atoms with Gasteiger partial charge in [0.15, 0.2) is 6.10 Å². The maximum absolute atomic E-state index is 12.6. The third-order valence-electron chi connectivity index (χ3n) is 8.09. The summed E-state index contributed by atoms with van der Waals surface area (Å²) in [6, 6.07) is -1.56. The van der Waals surface area contributed by atoms with Crippen molar-refractivity contribution in [1.29, 1.82) is 0 Å². The van der Waals surface area contributed by atoms with E-state index in [0.717, 1.165) is 44.9 Å². The lowest BCUT2D eigenvalue weighted by Crippen LogP contribution is -2.34. The summed E-state index contributed by atoms with van der Waals surface area (Å²) >= 11 is 0. The summed E-state index contributed by atoms with van der Waals surface area (Å²) in [4.78, 5) is 45.9. The van der Waals surface area contributed by atoms with Crippen LogP contribution in [0.5, 0.6) is 0 Å². The Morgan fingerprint density at radius 3 is 1.71 bits per heavy atom. The van der Waals surface area contributed by atoms with Crippen molar-refractivity contribution < 1.29 is 52.6 Å². The molecule has 2 unspecified atom stereocenters. The molecule has 0 aromatic heterocycles. The van der Waals surface area contributed by atoms with Crippen molar-refractivity contribution in [2.75, 3.05) is 19.8 Å². The number of aliphatic hydroxyl groups excluding tert-OH is 1. The molecule has 0 spiro atoms. The quantitative estimate of drug-likeness (QED) is 0.0152. The highest BCUT2D eigenvalue weighted by Crippen LogP contribution is 2.43. The Balaban J connectivity index is 4.69. The summed E-state index contributed by atoms with van der Waals surface area (Å²) in [6.07, 6.45) is 47.6. The Morgan fingerprint density at radius 1 is 0.627 bits per heavy atom. The van der Waals surface area contributed by atoms with Crippen LogP contribution < -0.4 is 5.73 Å². The average molecular weight is 846 g/mol. The summed E-state index contributed by atoms with van der Waals surface area (Å²) in [7, 11) is -4.77. The molecule has 59 heavy (non-hydrogen) atoms. The zero-order valence-corrected chi connectivity index (χ0v) is 36.3. The number of ether oxygens (including phenoxy) is 2. The van der Waals surface area contributed by atoms with Gasteiger partial charge in [0.2, 0.25) is 0 Å². The number of allylic oxidation sites excluding steroid dienone is 16. The van der Waals surface area contributed by atoms with Crippen LogP contribution >= 0.6 is 7.82 Å². The van der Waals surface area contributed by atoms with E-state index < -0.39 is 63.8 Å². The number of hydrogen-bond donors (Lipinski definition) is 4. The monoisotopic (exact) mass is 845 g/mol. The number of aliphatic hydroxyl groups is 1. The van der Waals surface area contributed by atoms with Crippen LogP contribution in [0.3, 0.4) is 0 Å². The maximum Gasteiger partial charge on any atom is 0.472 e. The summed E-state index contributed by atoms with van der Waals surface area (Å²) in [6.45, 7) is 2.42. The molecule has 0 aliphatic carbocycles. The minimum atomic E-state index is -4.77. The fraction of sp³-hybridized carbons (Fsp3) is 0.543. The first-order chi connectivity index (χ1) is 28.5. The van der Waals surface area contributed by atoms with Crippen LogP contribution in [0.25, 0.3) is 0 Å². The summed E-state index contributed by atoms with van der Waals surface area (Å²) in [5, 5.41) is 19.0. The van der Waals surface area contributed by atoms with E-state index in [0.29, 0.717) is 32.1 Å². The van der Waals surface area contributed by atoms with Gasteiger partial charge in [-0.25, -0.2) is 4.57 Å². The van der Waals surface area contributed by atoms with Crippen molar-refractivity contribution in [1.82, 2.24) is 0 Å². The smallest absolute Gasteiger partial charge is 0.472 e. The Morgan fingerprint density at radius 2 is 1.14 bits per heavy atom. The maximum atomic E-state index is 12.6. The molecule has 0 heterocycles. The van der Waals surface area contributed by atoms with Crippen molar-refractivity contribution in [3.63, 3.8) is 0 Å². The van der Waals surface area contributed by atoms with Gasteiger partial charge in [0, 0.05) is 12.8 Å².